The number of hydrogen-bond acceptors (Lipinski definition) is 3. The highest BCUT2D eigenvalue weighted by Gasteiger charge is 2.21. The molecule has 0 bridgehead atoms. The van der Waals surface area contributed by atoms with Gasteiger partial charge >= 0.3 is 6.03 Å². The Morgan fingerprint density at radius 3 is 2.38 bits per heavy atom. The fraction of sp³-hybridized carbons (Fsp3) is 0.381. The van der Waals surface area contributed by atoms with Gasteiger partial charge in [0.15, 0.2) is 0 Å². The van der Waals surface area contributed by atoms with Crippen molar-refractivity contribution in [3.05, 3.63) is 53.6 Å². The lowest BCUT2D eigenvalue weighted by Crippen LogP contribution is -2.50. The first kappa shape index (κ1) is 18.1. The lowest BCUT2D eigenvalue weighted by molar-refractivity contribution is 0.208. The zero-order valence-electron chi connectivity index (χ0n) is 15.8. The molecule has 1 saturated heterocycles. The first-order valence-electron chi connectivity index (χ1n) is 9.18. The molecule has 0 spiro atoms. The number of anilines is 2. The lowest BCUT2D eigenvalue weighted by Gasteiger charge is -2.36. The van der Waals surface area contributed by atoms with Crippen molar-refractivity contribution >= 4 is 17.4 Å². The Labute approximate surface area is 155 Å². The van der Waals surface area contributed by atoms with Crippen LogP contribution in [0.25, 0.3) is 0 Å². The van der Waals surface area contributed by atoms with E-state index in [-0.39, 0.29) is 6.03 Å². The summed E-state index contributed by atoms with van der Waals surface area (Å²) in [5.41, 5.74) is 4.36. The van der Waals surface area contributed by atoms with Crippen LogP contribution >= 0.6 is 0 Å². The Morgan fingerprint density at radius 1 is 1.04 bits per heavy atom. The van der Waals surface area contributed by atoms with Crippen molar-refractivity contribution in [3.8, 4) is 5.75 Å². The van der Waals surface area contributed by atoms with E-state index >= 15 is 0 Å². The normalized spacial score (nSPS) is 14.3. The molecule has 0 saturated carbocycles. The Bertz CT molecular complexity index is 750. The summed E-state index contributed by atoms with van der Waals surface area (Å²) in [6.45, 7) is 9.83. The quantitative estimate of drug-likeness (QED) is 0.902. The van der Waals surface area contributed by atoms with Gasteiger partial charge in [-0.1, -0.05) is 12.1 Å². The van der Waals surface area contributed by atoms with Crippen molar-refractivity contribution in [2.45, 2.75) is 20.8 Å². The second kappa shape index (κ2) is 8.13. The van der Waals surface area contributed by atoms with Gasteiger partial charge in [0.05, 0.1) is 6.61 Å². The summed E-state index contributed by atoms with van der Waals surface area (Å²) >= 11 is 0. The minimum Gasteiger partial charge on any atom is -0.494 e. The van der Waals surface area contributed by atoms with Crippen molar-refractivity contribution in [1.29, 1.82) is 0 Å². The van der Waals surface area contributed by atoms with Crippen LogP contribution in [0.1, 0.15) is 18.1 Å². The van der Waals surface area contributed by atoms with Crippen LogP contribution in [0, 0.1) is 13.8 Å². The molecular formula is C21H27N3O2. The van der Waals surface area contributed by atoms with Gasteiger partial charge in [0.25, 0.3) is 0 Å². The topological polar surface area (TPSA) is 44.8 Å². The maximum atomic E-state index is 12.6. The van der Waals surface area contributed by atoms with Gasteiger partial charge < -0.3 is 19.9 Å². The smallest absolute Gasteiger partial charge is 0.321 e. The summed E-state index contributed by atoms with van der Waals surface area (Å²) in [5.74, 6) is 0.891. The zero-order valence-corrected chi connectivity index (χ0v) is 15.8. The SMILES string of the molecule is CCOc1ccc(N2CCN(C(=O)Nc3cccc(C)c3C)CC2)cc1. The average Bonchev–Trinajstić information content (AvgIpc) is 2.66. The fourth-order valence-electron chi connectivity index (χ4n) is 3.17. The first-order chi connectivity index (χ1) is 12.6. The highest BCUT2D eigenvalue weighted by molar-refractivity contribution is 5.90. The Morgan fingerprint density at radius 2 is 1.73 bits per heavy atom. The highest BCUT2D eigenvalue weighted by atomic mass is 16.5. The van der Waals surface area contributed by atoms with Crippen molar-refractivity contribution in [2.75, 3.05) is 43.0 Å². The number of hydrogen-bond donors (Lipinski definition) is 1. The van der Waals surface area contributed by atoms with E-state index in [4.69, 9.17) is 4.74 Å². The molecule has 1 heterocycles. The van der Waals surface area contributed by atoms with E-state index in [2.05, 4.69) is 35.3 Å². The molecule has 2 amide bonds. The van der Waals surface area contributed by atoms with Crippen LogP contribution in [0.4, 0.5) is 16.2 Å². The Kier molecular flexibility index (Phi) is 5.66. The van der Waals surface area contributed by atoms with Crippen LogP contribution in [0.15, 0.2) is 42.5 Å². The average molecular weight is 353 g/mol. The van der Waals surface area contributed by atoms with E-state index in [9.17, 15) is 4.79 Å². The fourth-order valence-corrected chi connectivity index (χ4v) is 3.17. The lowest BCUT2D eigenvalue weighted by atomic mass is 10.1. The number of piperazine rings is 1. The molecule has 1 aliphatic rings. The van der Waals surface area contributed by atoms with Crippen LogP contribution in [0.3, 0.4) is 0 Å². The van der Waals surface area contributed by atoms with E-state index in [0.29, 0.717) is 19.7 Å². The molecule has 3 rings (SSSR count). The second-order valence-corrected chi connectivity index (χ2v) is 6.58. The number of carbonyl (C=O) groups is 1. The molecule has 2 aromatic carbocycles. The predicted molar refractivity (Wildman–Crippen MR) is 106 cm³/mol. The van der Waals surface area contributed by atoms with Gasteiger partial charge in [-0.25, -0.2) is 4.79 Å². The molecule has 1 N–H and O–H groups in total. The summed E-state index contributed by atoms with van der Waals surface area (Å²) in [4.78, 5) is 16.8. The van der Waals surface area contributed by atoms with Gasteiger partial charge in [0.1, 0.15) is 5.75 Å². The van der Waals surface area contributed by atoms with Crippen molar-refractivity contribution in [3.63, 3.8) is 0 Å². The van der Waals surface area contributed by atoms with E-state index in [1.54, 1.807) is 0 Å². The third-order valence-corrected chi connectivity index (χ3v) is 4.93. The predicted octanol–water partition coefficient (Wildman–Crippen LogP) is 4.06. The maximum Gasteiger partial charge on any atom is 0.321 e. The molecule has 0 radical (unpaired) electrons. The monoisotopic (exact) mass is 353 g/mol. The molecular weight excluding hydrogens is 326 g/mol. The molecule has 0 aromatic heterocycles. The second-order valence-electron chi connectivity index (χ2n) is 6.58. The molecule has 5 nitrogen and oxygen atoms in total. The molecule has 138 valence electrons. The van der Waals surface area contributed by atoms with Gasteiger partial charge in [-0.3, -0.25) is 0 Å². The number of rotatable bonds is 4. The Hall–Kier alpha value is -2.69. The van der Waals surface area contributed by atoms with Crippen LogP contribution in [0.2, 0.25) is 0 Å². The van der Waals surface area contributed by atoms with E-state index < -0.39 is 0 Å². The number of amides is 2. The van der Waals surface area contributed by atoms with E-state index in [1.807, 2.05) is 43.0 Å². The standard InChI is InChI=1S/C21H27N3O2/c1-4-26-19-10-8-18(9-11-19)23-12-14-24(15-13-23)21(25)22-20-7-5-6-16(2)17(20)3/h5-11H,4,12-15H2,1-3H3,(H,22,25). The van der Waals surface area contributed by atoms with Crippen LogP contribution in [-0.4, -0.2) is 43.7 Å². The van der Waals surface area contributed by atoms with E-state index in [1.165, 1.54) is 11.3 Å². The minimum atomic E-state index is -0.0231. The third kappa shape index (κ3) is 4.10. The van der Waals surface area contributed by atoms with Crippen LogP contribution in [0.5, 0.6) is 5.75 Å². The van der Waals surface area contributed by atoms with Crippen LogP contribution < -0.4 is 15.0 Å². The number of nitrogens with zero attached hydrogens (tertiary/aromatic N) is 2. The summed E-state index contributed by atoms with van der Waals surface area (Å²) in [6.07, 6.45) is 0. The summed E-state index contributed by atoms with van der Waals surface area (Å²) in [5, 5.41) is 3.05. The third-order valence-electron chi connectivity index (χ3n) is 4.93. The van der Waals surface area contributed by atoms with Gasteiger partial charge in [-0.05, 0) is 62.2 Å². The van der Waals surface area contributed by atoms with Crippen LogP contribution in [-0.2, 0) is 0 Å². The van der Waals surface area contributed by atoms with Gasteiger partial charge in [-0.15, -0.1) is 0 Å². The summed E-state index contributed by atoms with van der Waals surface area (Å²) in [7, 11) is 0. The largest absolute Gasteiger partial charge is 0.494 e. The van der Waals surface area contributed by atoms with Crippen molar-refractivity contribution in [1.82, 2.24) is 4.90 Å². The summed E-state index contributed by atoms with van der Waals surface area (Å²) < 4.78 is 5.49. The highest BCUT2D eigenvalue weighted by Crippen LogP contribution is 2.22. The zero-order chi connectivity index (χ0) is 18.5. The maximum absolute atomic E-state index is 12.6. The molecule has 0 unspecified atom stereocenters. The molecule has 1 fully saturated rings. The van der Waals surface area contributed by atoms with Gasteiger partial charge in [0.2, 0.25) is 0 Å². The van der Waals surface area contributed by atoms with Gasteiger partial charge in [-0.2, -0.15) is 0 Å². The minimum absolute atomic E-state index is 0.0231. The number of aryl methyl sites for hydroxylation is 1. The molecule has 1 aliphatic heterocycles. The number of benzene rings is 2. The van der Waals surface area contributed by atoms with Gasteiger partial charge in [0, 0.05) is 37.6 Å². The van der Waals surface area contributed by atoms with Crippen molar-refractivity contribution in [2.24, 2.45) is 0 Å². The number of nitrogens with one attached hydrogen (secondary N) is 1. The Balaban J connectivity index is 1.56. The van der Waals surface area contributed by atoms with E-state index in [0.717, 1.165) is 30.1 Å². The van der Waals surface area contributed by atoms with Crippen molar-refractivity contribution < 1.29 is 9.53 Å². The summed E-state index contributed by atoms with van der Waals surface area (Å²) in [6, 6.07) is 14.1. The molecule has 0 atom stereocenters. The number of urea groups is 1. The number of ether oxygens (including phenoxy) is 1. The number of carbonyl (C=O) groups excluding carboxylic acids is 1. The molecule has 0 aliphatic carbocycles. The first-order valence-corrected chi connectivity index (χ1v) is 9.18. The molecule has 2 aromatic rings. The molecule has 26 heavy (non-hydrogen) atoms. The molecule has 5 heteroatoms.